The van der Waals surface area contributed by atoms with Crippen LogP contribution in [0.25, 0.3) is 21.7 Å². The number of carbonyl (C=O) groups is 1. The SMILES string of the molecule is O=C(O)Cc1cnc(-c2ccc3ncoc3c2)s1. The zero-order valence-electron chi connectivity index (χ0n) is 9.16. The lowest BCUT2D eigenvalue weighted by Gasteiger charge is -1.94. The van der Waals surface area contributed by atoms with Crippen molar-refractivity contribution in [3.05, 3.63) is 35.7 Å². The maximum atomic E-state index is 10.6. The van der Waals surface area contributed by atoms with Crippen LogP contribution < -0.4 is 0 Å². The number of carboxylic acid groups (broad SMARTS) is 1. The Kier molecular flexibility index (Phi) is 2.56. The number of benzene rings is 1. The zero-order chi connectivity index (χ0) is 12.5. The van der Waals surface area contributed by atoms with Gasteiger partial charge in [0.1, 0.15) is 10.5 Å². The summed E-state index contributed by atoms with van der Waals surface area (Å²) in [7, 11) is 0. The van der Waals surface area contributed by atoms with Gasteiger partial charge in [0, 0.05) is 16.6 Å². The van der Waals surface area contributed by atoms with E-state index in [4.69, 9.17) is 9.52 Å². The molecule has 18 heavy (non-hydrogen) atoms. The smallest absolute Gasteiger partial charge is 0.308 e. The molecule has 1 aromatic carbocycles. The monoisotopic (exact) mass is 260 g/mol. The van der Waals surface area contributed by atoms with Crippen molar-refractivity contribution in [2.45, 2.75) is 6.42 Å². The van der Waals surface area contributed by atoms with Gasteiger partial charge in [-0.05, 0) is 18.2 Å². The van der Waals surface area contributed by atoms with Gasteiger partial charge in [-0.15, -0.1) is 11.3 Å². The number of aromatic nitrogens is 2. The third-order valence-corrected chi connectivity index (χ3v) is 3.50. The van der Waals surface area contributed by atoms with Crippen molar-refractivity contribution >= 4 is 28.4 Å². The van der Waals surface area contributed by atoms with Crippen molar-refractivity contribution in [1.82, 2.24) is 9.97 Å². The van der Waals surface area contributed by atoms with Gasteiger partial charge in [-0.2, -0.15) is 0 Å². The number of hydrogen-bond acceptors (Lipinski definition) is 5. The molecule has 1 N–H and O–H groups in total. The molecule has 6 heteroatoms. The topological polar surface area (TPSA) is 76.2 Å². The predicted octanol–water partition coefficient (Wildman–Crippen LogP) is 2.58. The van der Waals surface area contributed by atoms with Crippen LogP contribution in [0.3, 0.4) is 0 Å². The molecule has 0 spiro atoms. The van der Waals surface area contributed by atoms with E-state index in [1.54, 1.807) is 6.20 Å². The molecular weight excluding hydrogens is 252 g/mol. The molecule has 2 heterocycles. The minimum absolute atomic E-state index is 0.00220. The quantitative estimate of drug-likeness (QED) is 0.783. The van der Waals surface area contributed by atoms with Crippen molar-refractivity contribution in [1.29, 1.82) is 0 Å². The third kappa shape index (κ3) is 1.98. The number of carboxylic acids is 1. The molecule has 0 amide bonds. The average molecular weight is 260 g/mol. The Morgan fingerprint density at radius 3 is 3.11 bits per heavy atom. The zero-order valence-corrected chi connectivity index (χ0v) is 9.98. The minimum Gasteiger partial charge on any atom is -0.481 e. The summed E-state index contributed by atoms with van der Waals surface area (Å²) in [5.74, 6) is -0.851. The maximum absolute atomic E-state index is 10.6. The fourth-order valence-corrected chi connectivity index (χ4v) is 2.56. The fourth-order valence-electron chi connectivity index (χ4n) is 1.66. The normalized spacial score (nSPS) is 10.9. The van der Waals surface area contributed by atoms with E-state index in [1.807, 2.05) is 18.2 Å². The number of fused-ring (bicyclic) bond motifs is 1. The first kappa shape index (κ1) is 10.9. The van der Waals surface area contributed by atoms with Gasteiger partial charge in [0.05, 0.1) is 6.42 Å². The Labute approximate surface area is 106 Å². The van der Waals surface area contributed by atoms with E-state index in [0.29, 0.717) is 5.58 Å². The lowest BCUT2D eigenvalue weighted by molar-refractivity contribution is -0.136. The van der Waals surface area contributed by atoms with Crippen molar-refractivity contribution in [3.63, 3.8) is 0 Å². The molecule has 5 nitrogen and oxygen atoms in total. The molecule has 2 aromatic heterocycles. The molecule has 0 saturated carbocycles. The third-order valence-electron chi connectivity index (χ3n) is 2.46. The number of aliphatic carboxylic acids is 1. The lowest BCUT2D eigenvalue weighted by atomic mass is 10.2. The Balaban J connectivity index is 1.97. The van der Waals surface area contributed by atoms with Crippen LogP contribution in [0.1, 0.15) is 4.88 Å². The van der Waals surface area contributed by atoms with Crippen LogP contribution in [-0.4, -0.2) is 21.0 Å². The number of oxazole rings is 1. The summed E-state index contributed by atoms with van der Waals surface area (Å²) in [5.41, 5.74) is 2.39. The second-order valence-electron chi connectivity index (χ2n) is 3.74. The molecule has 0 radical (unpaired) electrons. The van der Waals surface area contributed by atoms with E-state index in [2.05, 4.69) is 9.97 Å². The van der Waals surface area contributed by atoms with Gasteiger partial charge in [0.25, 0.3) is 0 Å². The molecule has 0 aliphatic heterocycles. The molecule has 0 bridgehead atoms. The highest BCUT2D eigenvalue weighted by atomic mass is 32.1. The molecule has 3 rings (SSSR count). The summed E-state index contributed by atoms with van der Waals surface area (Å²) in [5, 5.41) is 9.50. The van der Waals surface area contributed by atoms with Crippen LogP contribution in [0, 0.1) is 0 Å². The van der Waals surface area contributed by atoms with Crippen LogP contribution in [0.15, 0.2) is 35.2 Å². The number of thiazole rings is 1. The van der Waals surface area contributed by atoms with Gasteiger partial charge >= 0.3 is 5.97 Å². The van der Waals surface area contributed by atoms with Gasteiger partial charge in [-0.1, -0.05) is 0 Å². The van der Waals surface area contributed by atoms with E-state index < -0.39 is 5.97 Å². The Hall–Kier alpha value is -2.21. The van der Waals surface area contributed by atoms with Crippen LogP contribution in [0.5, 0.6) is 0 Å². The second-order valence-corrected chi connectivity index (χ2v) is 4.85. The fraction of sp³-hybridized carbons (Fsp3) is 0.0833. The molecule has 0 unspecified atom stereocenters. The largest absolute Gasteiger partial charge is 0.481 e. The van der Waals surface area contributed by atoms with Gasteiger partial charge in [0.15, 0.2) is 12.0 Å². The highest BCUT2D eigenvalue weighted by Crippen LogP contribution is 2.28. The minimum atomic E-state index is -0.851. The van der Waals surface area contributed by atoms with Crippen molar-refractivity contribution < 1.29 is 14.3 Å². The lowest BCUT2D eigenvalue weighted by Crippen LogP contribution is -1.97. The second kappa shape index (κ2) is 4.23. The van der Waals surface area contributed by atoms with Gasteiger partial charge in [-0.25, -0.2) is 9.97 Å². The molecule has 3 aromatic rings. The number of hydrogen-bond donors (Lipinski definition) is 1. The summed E-state index contributed by atoms with van der Waals surface area (Å²) in [6, 6.07) is 5.60. The van der Waals surface area contributed by atoms with Gasteiger partial charge in [0.2, 0.25) is 0 Å². The van der Waals surface area contributed by atoms with Crippen molar-refractivity contribution in [2.75, 3.05) is 0 Å². The summed E-state index contributed by atoms with van der Waals surface area (Å²) in [4.78, 5) is 19.6. The van der Waals surface area contributed by atoms with E-state index in [9.17, 15) is 4.79 Å². The van der Waals surface area contributed by atoms with Crippen LogP contribution >= 0.6 is 11.3 Å². The summed E-state index contributed by atoms with van der Waals surface area (Å²) in [6.45, 7) is 0. The highest BCUT2D eigenvalue weighted by molar-refractivity contribution is 7.15. The maximum Gasteiger partial charge on any atom is 0.308 e. The van der Waals surface area contributed by atoms with E-state index in [1.165, 1.54) is 17.7 Å². The van der Waals surface area contributed by atoms with Crippen LogP contribution in [-0.2, 0) is 11.2 Å². The first-order valence-corrected chi connectivity index (χ1v) is 6.04. The molecule has 0 aliphatic carbocycles. The Morgan fingerprint density at radius 2 is 2.28 bits per heavy atom. The first-order valence-electron chi connectivity index (χ1n) is 5.22. The summed E-state index contributed by atoms with van der Waals surface area (Å²) >= 11 is 1.37. The molecule has 0 aliphatic rings. The molecule has 90 valence electrons. The van der Waals surface area contributed by atoms with Crippen molar-refractivity contribution in [3.8, 4) is 10.6 Å². The standard InChI is InChI=1S/C12H8N2O3S/c15-11(16)4-8-5-13-12(18-8)7-1-2-9-10(3-7)17-6-14-9/h1-3,5-6H,4H2,(H,15,16). The van der Waals surface area contributed by atoms with Crippen LogP contribution in [0.4, 0.5) is 0 Å². The van der Waals surface area contributed by atoms with Gasteiger partial charge < -0.3 is 9.52 Å². The van der Waals surface area contributed by atoms with E-state index in [-0.39, 0.29) is 6.42 Å². The first-order chi connectivity index (χ1) is 8.72. The molecule has 0 atom stereocenters. The van der Waals surface area contributed by atoms with E-state index in [0.717, 1.165) is 21.0 Å². The van der Waals surface area contributed by atoms with Crippen LogP contribution in [0.2, 0.25) is 0 Å². The molecular formula is C12H8N2O3S. The predicted molar refractivity (Wildman–Crippen MR) is 66.5 cm³/mol. The van der Waals surface area contributed by atoms with Crippen molar-refractivity contribution in [2.24, 2.45) is 0 Å². The molecule has 0 fully saturated rings. The highest BCUT2D eigenvalue weighted by Gasteiger charge is 2.09. The number of rotatable bonds is 3. The van der Waals surface area contributed by atoms with Gasteiger partial charge in [-0.3, -0.25) is 4.79 Å². The van der Waals surface area contributed by atoms with E-state index >= 15 is 0 Å². The number of nitrogens with zero attached hydrogens (tertiary/aromatic N) is 2. The molecule has 0 saturated heterocycles. The Bertz CT molecular complexity index is 717. The summed E-state index contributed by atoms with van der Waals surface area (Å²) < 4.78 is 5.22. The Morgan fingerprint density at radius 1 is 1.39 bits per heavy atom. The summed E-state index contributed by atoms with van der Waals surface area (Å²) in [6.07, 6.45) is 2.99. The average Bonchev–Trinajstić information content (AvgIpc) is 2.95.